The number of sulfone groups is 1. The van der Waals surface area contributed by atoms with Crippen molar-refractivity contribution in [3.05, 3.63) is 23.8 Å². The molecule has 1 atom stereocenters. The van der Waals surface area contributed by atoms with Crippen LogP contribution in [0.4, 0.5) is 0 Å². The number of carbonyl (C=O) groups excluding carboxylic acids is 1. The van der Waals surface area contributed by atoms with Crippen molar-refractivity contribution in [3.8, 4) is 0 Å². The van der Waals surface area contributed by atoms with E-state index in [0.717, 1.165) is 18.8 Å². The van der Waals surface area contributed by atoms with Gasteiger partial charge in [-0.05, 0) is 12.8 Å². The number of nitrogens with zero attached hydrogens (tertiary/aromatic N) is 4. The van der Waals surface area contributed by atoms with E-state index in [2.05, 4.69) is 14.9 Å². The molecule has 0 spiro atoms. The van der Waals surface area contributed by atoms with Crippen LogP contribution >= 0.6 is 0 Å². The molecule has 7 nitrogen and oxygen atoms in total. The monoisotopic (exact) mass is 338 g/mol. The van der Waals surface area contributed by atoms with Crippen LogP contribution in [0.25, 0.3) is 0 Å². The second-order valence-corrected chi connectivity index (χ2v) is 8.35. The van der Waals surface area contributed by atoms with Gasteiger partial charge in [0.2, 0.25) is 0 Å². The Bertz CT molecular complexity index is 684. The third-order valence-corrected chi connectivity index (χ3v) is 6.44. The maximum atomic E-state index is 12.6. The van der Waals surface area contributed by atoms with Crippen LogP contribution in [0.5, 0.6) is 0 Å². The van der Waals surface area contributed by atoms with E-state index in [1.54, 1.807) is 6.20 Å². The lowest BCUT2D eigenvalue weighted by Crippen LogP contribution is -2.52. The number of rotatable bonds is 3. The molecule has 2 aliphatic rings. The Morgan fingerprint density at radius 3 is 2.65 bits per heavy atom. The Balaban J connectivity index is 1.62. The summed E-state index contributed by atoms with van der Waals surface area (Å²) in [7, 11) is -2.87. The summed E-state index contributed by atoms with van der Waals surface area (Å²) in [6, 6.07) is 0.114. The minimum atomic E-state index is -2.87. The second kappa shape index (κ2) is 6.52. The SMILES string of the molecule is CCc1ncncc1C(=O)N1CCN([C@@H]2CCS(=O)(=O)C2)CC1. The van der Waals surface area contributed by atoms with Crippen LogP contribution < -0.4 is 0 Å². The Hall–Kier alpha value is -1.54. The zero-order chi connectivity index (χ0) is 16.4. The summed E-state index contributed by atoms with van der Waals surface area (Å²) >= 11 is 0. The van der Waals surface area contributed by atoms with Crippen molar-refractivity contribution >= 4 is 15.7 Å². The van der Waals surface area contributed by atoms with Crippen molar-refractivity contribution in [3.63, 3.8) is 0 Å². The van der Waals surface area contributed by atoms with Crippen molar-refractivity contribution in [2.24, 2.45) is 0 Å². The number of aromatic nitrogens is 2. The highest BCUT2D eigenvalue weighted by Crippen LogP contribution is 2.20. The van der Waals surface area contributed by atoms with Crippen molar-refractivity contribution in [2.75, 3.05) is 37.7 Å². The first-order valence-electron chi connectivity index (χ1n) is 8.03. The molecular weight excluding hydrogens is 316 g/mol. The molecular formula is C15H22N4O3S. The number of amides is 1. The highest BCUT2D eigenvalue weighted by Gasteiger charge is 2.34. The molecule has 0 radical (unpaired) electrons. The lowest BCUT2D eigenvalue weighted by atomic mass is 10.1. The van der Waals surface area contributed by atoms with E-state index in [9.17, 15) is 13.2 Å². The number of hydrogen-bond acceptors (Lipinski definition) is 6. The van der Waals surface area contributed by atoms with Crippen LogP contribution in [-0.4, -0.2) is 77.8 Å². The molecule has 126 valence electrons. The molecule has 23 heavy (non-hydrogen) atoms. The molecule has 0 unspecified atom stereocenters. The van der Waals surface area contributed by atoms with Crippen LogP contribution in [0.15, 0.2) is 12.5 Å². The van der Waals surface area contributed by atoms with E-state index in [4.69, 9.17) is 0 Å². The van der Waals surface area contributed by atoms with Gasteiger partial charge >= 0.3 is 0 Å². The van der Waals surface area contributed by atoms with Crippen LogP contribution in [0.2, 0.25) is 0 Å². The van der Waals surface area contributed by atoms with Gasteiger partial charge in [0.05, 0.1) is 22.8 Å². The summed E-state index contributed by atoms with van der Waals surface area (Å²) in [4.78, 5) is 24.8. The second-order valence-electron chi connectivity index (χ2n) is 6.12. The average Bonchev–Trinajstić information content (AvgIpc) is 2.94. The smallest absolute Gasteiger partial charge is 0.257 e. The third-order valence-electron chi connectivity index (χ3n) is 4.69. The fourth-order valence-electron chi connectivity index (χ4n) is 3.34. The highest BCUT2D eigenvalue weighted by molar-refractivity contribution is 7.91. The van der Waals surface area contributed by atoms with Gasteiger partial charge in [-0.15, -0.1) is 0 Å². The predicted octanol–water partition coefficient (Wildman–Crippen LogP) is -0.0161. The van der Waals surface area contributed by atoms with Crippen molar-refractivity contribution < 1.29 is 13.2 Å². The summed E-state index contributed by atoms with van der Waals surface area (Å²) in [6.45, 7) is 4.65. The van der Waals surface area contributed by atoms with Gasteiger partial charge in [-0.1, -0.05) is 6.92 Å². The molecule has 0 N–H and O–H groups in total. The molecule has 0 aromatic carbocycles. The van der Waals surface area contributed by atoms with Gasteiger partial charge in [0, 0.05) is 38.4 Å². The number of piperazine rings is 1. The van der Waals surface area contributed by atoms with Crippen molar-refractivity contribution in [1.29, 1.82) is 0 Å². The molecule has 0 saturated carbocycles. The van der Waals surface area contributed by atoms with E-state index in [1.807, 2.05) is 11.8 Å². The van der Waals surface area contributed by atoms with Gasteiger partial charge in [-0.25, -0.2) is 18.4 Å². The zero-order valence-corrected chi connectivity index (χ0v) is 14.1. The maximum absolute atomic E-state index is 12.6. The fourth-order valence-corrected chi connectivity index (χ4v) is 5.10. The Morgan fingerprint density at radius 1 is 1.30 bits per heavy atom. The van der Waals surface area contributed by atoms with E-state index >= 15 is 0 Å². The number of aryl methyl sites for hydroxylation is 1. The van der Waals surface area contributed by atoms with E-state index < -0.39 is 9.84 Å². The van der Waals surface area contributed by atoms with Crippen LogP contribution in [0, 0.1) is 0 Å². The van der Waals surface area contributed by atoms with Gasteiger partial charge in [-0.2, -0.15) is 0 Å². The molecule has 2 saturated heterocycles. The quantitative estimate of drug-likeness (QED) is 0.770. The van der Waals surface area contributed by atoms with Crippen LogP contribution in [0.1, 0.15) is 29.4 Å². The lowest BCUT2D eigenvalue weighted by molar-refractivity contribution is 0.0586. The molecule has 1 aromatic rings. The first-order chi connectivity index (χ1) is 11.0. The normalized spacial score (nSPS) is 24.7. The standard InChI is InChI=1S/C15H22N4O3S/c1-2-14-13(9-16-11-17-14)15(20)19-6-4-18(5-7-19)12-3-8-23(21,22)10-12/h9,11-12H,2-8,10H2,1H3/t12-/m1/s1. The molecule has 2 fully saturated rings. The molecule has 0 aliphatic carbocycles. The van der Waals surface area contributed by atoms with E-state index in [0.29, 0.717) is 31.5 Å². The first-order valence-corrected chi connectivity index (χ1v) is 9.85. The highest BCUT2D eigenvalue weighted by atomic mass is 32.2. The summed E-state index contributed by atoms with van der Waals surface area (Å²) in [5, 5.41) is 0. The topological polar surface area (TPSA) is 83.5 Å². The molecule has 1 aromatic heterocycles. The van der Waals surface area contributed by atoms with Crippen LogP contribution in [-0.2, 0) is 16.3 Å². The summed E-state index contributed by atoms with van der Waals surface area (Å²) in [5.74, 6) is 0.520. The summed E-state index contributed by atoms with van der Waals surface area (Å²) in [6.07, 6.45) is 4.46. The van der Waals surface area contributed by atoms with Gasteiger partial charge < -0.3 is 4.90 Å². The Kier molecular flexibility index (Phi) is 4.63. The lowest BCUT2D eigenvalue weighted by Gasteiger charge is -2.37. The fraction of sp³-hybridized carbons (Fsp3) is 0.667. The van der Waals surface area contributed by atoms with Crippen LogP contribution in [0.3, 0.4) is 0 Å². The van der Waals surface area contributed by atoms with E-state index in [-0.39, 0.29) is 23.5 Å². The molecule has 8 heteroatoms. The molecule has 2 aliphatic heterocycles. The number of hydrogen-bond donors (Lipinski definition) is 0. The minimum Gasteiger partial charge on any atom is -0.336 e. The Morgan fingerprint density at radius 2 is 2.04 bits per heavy atom. The Labute approximate surface area is 136 Å². The van der Waals surface area contributed by atoms with Crippen molar-refractivity contribution in [1.82, 2.24) is 19.8 Å². The maximum Gasteiger partial charge on any atom is 0.257 e. The number of carbonyl (C=O) groups is 1. The molecule has 3 rings (SSSR count). The van der Waals surface area contributed by atoms with Gasteiger partial charge in [-0.3, -0.25) is 9.69 Å². The average molecular weight is 338 g/mol. The minimum absolute atomic E-state index is 0.0267. The third kappa shape index (κ3) is 3.53. The van der Waals surface area contributed by atoms with Crippen molar-refractivity contribution in [2.45, 2.75) is 25.8 Å². The largest absolute Gasteiger partial charge is 0.336 e. The molecule has 0 bridgehead atoms. The van der Waals surface area contributed by atoms with Gasteiger partial charge in [0.15, 0.2) is 9.84 Å². The van der Waals surface area contributed by atoms with E-state index in [1.165, 1.54) is 6.33 Å². The van der Waals surface area contributed by atoms with Gasteiger partial charge in [0.25, 0.3) is 5.91 Å². The predicted molar refractivity (Wildman–Crippen MR) is 85.9 cm³/mol. The van der Waals surface area contributed by atoms with Gasteiger partial charge in [0.1, 0.15) is 6.33 Å². The molecule has 3 heterocycles. The first kappa shape index (κ1) is 16.3. The summed E-state index contributed by atoms with van der Waals surface area (Å²) < 4.78 is 23.2. The zero-order valence-electron chi connectivity index (χ0n) is 13.3. The summed E-state index contributed by atoms with van der Waals surface area (Å²) in [5.41, 5.74) is 1.35. The molecule has 1 amide bonds.